The summed E-state index contributed by atoms with van der Waals surface area (Å²) in [5.41, 5.74) is 6.25. The zero-order valence-corrected chi connectivity index (χ0v) is 12.2. The Labute approximate surface area is 125 Å². The van der Waals surface area contributed by atoms with Crippen molar-refractivity contribution >= 4 is 5.91 Å². The van der Waals surface area contributed by atoms with Gasteiger partial charge >= 0.3 is 0 Å². The highest BCUT2D eigenvalue weighted by molar-refractivity contribution is 5.78. The lowest BCUT2D eigenvalue weighted by molar-refractivity contribution is -0.129. The fraction of sp³-hybridized carbons (Fsp3) is 0.562. The molecule has 0 unspecified atom stereocenters. The van der Waals surface area contributed by atoms with Crippen molar-refractivity contribution in [3.8, 4) is 0 Å². The van der Waals surface area contributed by atoms with Crippen molar-refractivity contribution in [3.63, 3.8) is 0 Å². The topological polar surface area (TPSA) is 86.8 Å². The lowest BCUT2D eigenvalue weighted by Gasteiger charge is -2.34. The summed E-state index contributed by atoms with van der Waals surface area (Å²) in [6, 6.07) is 9.93. The molecule has 1 saturated heterocycles. The molecule has 21 heavy (non-hydrogen) atoms. The molecule has 5 nitrogen and oxygen atoms in total. The van der Waals surface area contributed by atoms with Crippen LogP contribution in [0.15, 0.2) is 30.3 Å². The fourth-order valence-electron chi connectivity index (χ4n) is 2.93. The van der Waals surface area contributed by atoms with Gasteiger partial charge in [-0.05, 0) is 43.8 Å². The minimum absolute atomic E-state index is 0.0509. The van der Waals surface area contributed by atoms with Crippen molar-refractivity contribution < 1.29 is 15.0 Å². The van der Waals surface area contributed by atoms with Crippen LogP contribution < -0.4 is 5.73 Å². The van der Waals surface area contributed by atoms with Gasteiger partial charge in [0, 0.05) is 6.54 Å². The number of aliphatic hydroxyl groups is 2. The van der Waals surface area contributed by atoms with E-state index < -0.39 is 18.1 Å². The molecule has 2 rings (SSSR count). The first-order chi connectivity index (χ1) is 10.1. The summed E-state index contributed by atoms with van der Waals surface area (Å²) < 4.78 is 0. The molecule has 1 fully saturated rings. The number of carbonyl (C=O) groups excluding carboxylic acids is 1. The second-order valence-corrected chi connectivity index (χ2v) is 5.83. The van der Waals surface area contributed by atoms with E-state index in [0.717, 1.165) is 31.5 Å². The molecular formula is C16H24N2O3. The van der Waals surface area contributed by atoms with Crippen molar-refractivity contribution in [2.75, 3.05) is 19.6 Å². The number of β-amino-alcohol motifs (C(OH)–C–C–N with tert-alkyl or cyclic N) is 1. The first kappa shape index (κ1) is 15.9. The van der Waals surface area contributed by atoms with Gasteiger partial charge in [-0.2, -0.15) is 0 Å². The Morgan fingerprint density at radius 2 is 1.86 bits per heavy atom. The van der Waals surface area contributed by atoms with Crippen LogP contribution in [0, 0.1) is 5.92 Å². The van der Waals surface area contributed by atoms with Crippen molar-refractivity contribution in [3.05, 3.63) is 35.9 Å². The average Bonchev–Trinajstić information content (AvgIpc) is 2.48. The normalized spacial score (nSPS) is 20.1. The Kier molecular flexibility index (Phi) is 5.73. The lowest BCUT2D eigenvalue weighted by atomic mass is 9.90. The molecule has 116 valence electrons. The van der Waals surface area contributed by atoms with E-state index >= 15 is 0 Å². The highest BCUT2D eigenvalue weighted by Crippen LogP contribution is 2.21. The van der Waals surface area contributed by atoms with Gasteiger partial charge in [-0.3, -0.25) is 4.79 Å². The molecule has 1 aromatic rings. The molecule has 4 N–H and O–H groups in total. The summed E-state index contributed by atoms with van der Waals surface area (Å²) in [6.07, 6.45) is 0.682. The molecular weight excluding hydrogens is 268 g/mol. The summed E-state index contributed by atoms with van der Waals surface area (Å²) in [5.74, 6) is -0.692. The SMILES string of the molecule is NC(=O)[C@H](O)C1CCN(C[C@H](O)Cc2ccccc2)CC1. The molecule has 0 bridgehead atoms. The van der Waals surface area contributed by atoms with Crippen LogP contribution in [0.5, 0.6) is 0 Å². The summed E-state index contributed by atoms with van der Waals surface area (Å²) in [5, 5.41) is 19.8. The van der Waals surface area contributed by atoms with Crippen LogP contribution >= 0.6 is 0 Å². The number of amides is 1. The van der Waals surface area contributed by atoms with Crippen LogP contribution in [0.4, 0.5) is 0 Å². The third kappa shape index (κ3) is 4.81. The second-order valence-electron chi connectivity index (χ2n) is 5.83. The quantitative estimate of drug-likeness (QED) is 0.696. The maximum atomic E-state index is 11.0. The minimum atomic E-state index is -1.04. The zero-order valence-electron chi connectivity index (χ0n) is 12.2. The van der Waals surface area contributed by atoms with Crippen molar-refractivity contribution in [1.82, 2.24) is 4.90 Å². The average molecular weight is 292 g/mol. The number of benzene rings is 1. The van der Waals surface area contributed by atoms with Gasteiger partial charge in [-0.1, -0.05) is 30.3 Å². The predicted molar refractivity (Wildman–Crippen MR) is 80.5 cm³/mol. The molecule has 0 radical (unpaired) electrons. The van der Waals surface area contributed by atoms with E-state index in [4.69, 9.17) is 5.73 Å². The zero-order chi connectivity index (χ0) is 15.2. The number of rotatable bonds is 6. The van der Waals surface area contributed by atoms with Gasteiger partial charge in [0.05, 0.1) is 6.10 Å². The highest BCUT2D eigenvalue weighted by Gasteiger charge is 2.28. The number of carbonyl (C=O) groups is 1. The summed E-state index contributed by atoms with van der Waals surface area (Å²) in [7, 11) is 0. The lowest BCUT2D eigenvalue weighted by Crippen LogP contribution is -2.44. The van der Waals surface area contributed by atoms with Crippen LogP contribution in [-0.4, -0.2) is 52.9 Å². The standard InChI is InChI=1S/C16H24N2O3/c17-16(21)15(20)13-6-8-18(9-7-13)11-14(19)10-12-4-2-1-3-5-12/h1-5,13-15,19-20H,6-11H2,(H2,17,21)/t14-,15-/m1/s1. The van der Waals surface area contributed by atoms with E-state index in [1.165, 1.54) is 0 Å². The fourth-order valence-corrected chi connectivity index (χ4v) is 2.93. The van der Waals surface area contributed by atoms with Crippen molar-refractivity contribution in [1.29, 1.82) is 0 Å². The Balaban J connectivity index is 1.74. The smallest absolute Gasteiger partial charge is 0.246 e. The largest absolute Gasteiger partial charge is 0.391 e. The number of aliphatic hydroxyl groups excluding tert-OH is 2. The molecule has 1 amide bonds. The number of nitrogens with zero attached hydrogens (tertiary/aromatic N) is 1. The molecule has 1 aromatic carbocycles. The Hall–Kier alpha value is -1.43. The van der Waals surface area contributed by atoms with E-state index in [1.54, 1.807) is 0 Å². The maximum Gasteiger partial charge on any atom is 0.246 e. The number of primary amides is 1. The van der Waals surface area contributed by atoms with E-state index in [2.05, 4.69) is 4.90 Å². The van der Waals surface area contributed by atoms with Gasteiger partial charge in [0.2, 0.25) is 5.91 Å². The molecule has 0 saturated carbocycles. The highest BCUT2D eigenvalue weighted by atomic mass is 16.3. The number of nitrogens with two attached hydrogens (primary N) is 1. The molecule has 2 atom stereocenters. The van der Waals surface area contributed by atoms with Gasteiger partial charge in [0.1, 0.15) is 6.10 Å². The van der Waals surface area contributed by atoms with Gasteiger partial charge in [0.15, 0.2) is 0 Å². The molecule has 5 heteroatoms. The van der Waals surface area contributed by atoms with E-state index in [1.807, 2.05) is 30.3 Å². The first-order valence-corrected chi connectivity index (χ1v) is 7.48. The molecule has 0 spiro atoms. The van der Waals surface area contributed by atoms with Crippen LogP contribution in [0.1, 0.15) is 18.4 Å². The minimum Gasteiger partial charge on any atom is -0.391 e. The molecule has 0 aliphatic carbocycles. The Morgan fingerprint density at radius 3 is 2.43 bits per heavy atom. The predicted octanol–water partition coefficient (Wildman–Crippen LogP) is 0.148. The molecule has 1 aliphatic heterocycles. The van der Waals surface area contributed by atoms with E-state index in [-0.39, 0.29) is 5.92 Å². The van der Waals surface area contributed by atoms with E-state index in [0.29, 0.717) is 13.0 Å². The monoisotopic (exact) mass is 292 g/mol. The number of piperidine rings is 1. The van der Waals surface area contributed by atoms with Gasteiger partial charge < -0.3 is 20.8 Å². The Morgan fingerprint density at radius 1 is 1.24 bits per heavy atom. The maximum absolute atomic E-state index is 11.0. The third-order valence-electron chi connectivity index (χ3n) is 4.15. The Bertz CT molecular complexity index is 444. The van der Waals surface area contributed by atoms with Crippen LogP contribution in [0.25, 0.3) is 0 Å². The first-order valence-electron chi connectivity index (χ1n) is 7.48. The van der Waals surface area contributed by atoms with Gasteiger partial charge in [-0.25, -0.2) is 0 Å². The van der Waals surface area contributed by atoms with Crippen molar-refractivity contribution in [2.45, 2.75) is 31.5 Å². The van der Waals surface area contributed by atoms with Crippen LogP contribution in [0.3, 0.4) is 0 Å². The van der Waals surface area contributed by atoms with Crippen LogP contribution in [0.2, 0.25) is 0 Å². The van der Waals surface area contributed by atoms with E-state index in [9.17, 15) is 15.0 Å². The van der Waals surface area contributed by atoms with Gasteiger partial charge in [-0.15, -0.1) is 0 Å². The number of hydrogen-bond donors (Lipinski definition) is 3. The summed E-state index contributed by atoms with van der Waals surface area (Å²) in [4.78, 5) is 13.2. The summed E-state index contributed by atoms with van der Waals surface area (Å²) >= 11 is 0. The number of likely N-dealkylation sites (tertiary alicyclic amines) is 1. The second kappa shape index (κ2) is 7.54. The molecule has 1 aliphatic rings. The van der Waals surface area contributed by atoms with Crippen molar-refractivity contribution in [2.24, 2.45) is 11.7 Å². The number of hydrogen-bond acceptors (Lipinski definition) is 4. The molecule has 0 aromatic heterocycles. The third-order valence-corrected chi connectivity index (χ3v) is 4.15. The van der Waals surface area contributed by atoms with Crippen LogP contribution in [-0.2, 0) is 11.2 Å². The summed E-state index contributed by atoms with van der Waals surface area (Å²) in [6.45, 7) is 2.18. The molecule has 1 heterocycles. The van der Waals surface area contributed by atoms with Gasteiger partial charge in [0.25, 0.3) is 0 Å².